The first kappa shape index (κ1) is 24.4. The topological polar surface area (TPSA) is 106 Å². The van der Waals surface area contributed by atoms with Gasteiger partial charge in [-0.3, -0.25) is 14.5 Å². The van der Waals surface area contributed by atoms with Gasteiger partial charge < -0.3 is 25.0 Å². The Kier molecular flexibility index (Phi) is 6.50. The van der Waals surface area contributed by atoms with E-state index in [4.69, 9.17) is 15.2 Å². The summed E-state index contributed by atoms with van der Waals surface area (Å²) < 4.78 is 12.1. The summed E-state index contributed by atoms with van der Waals surface area (Å²) in [5, 5.41) is 4.28. The number of nitrogen functional groups attached to an aromatic ring is 1. The quantitative estimate of drug-likeness (QED) is 0.533. The van der Waals surface area contributed by atoms with Crippen molar-refractivity contribution in [1.82, 2.24) is 19.6 Å². The summed E-state index contributed by atoms with van der Waals surface area (Å²) in [4.78, 5) is 33.0. The van der Waals surface area contributed by atoms with Crippen LogP contribution in [0.1, 0.15) is 38.4 Å². The predicted octanol–water partition coefficient (Wildman–Crippen LogP) is 2.55. The lowest BCUT2D eigenvalue weighted by Crippen LogP contribution is -2.46. The largest absolute Gasteiger partial charge is 0.454 e. The first-order valence-corrected chi connectivity index (χ1v) is 13.1. The van der Waals surface area contributed by atoms with E-state index < -0.39 is 0 Å². The molecule has 6 rings (SSSR count). The van der Waals surface area contributed by atoms with Crippen LogP contribution >= 0.6 is 0 Å². The zero-order chi connectivity index (χ0) is 26.2. The van der Waals surface area contributed by atoms with Crippen LogP contribution in [-0.4, -0.2) is 77.5 Å². The molecule has 0 unspecified atom stereocenters. The number of carbonyl (C=O) groups excluding carboxylic acids is 2. The van der Waals surface area contributed by atoms with Crippen LogP contribution in [0.2, 0.25) is 0 Å². The maximum atomic E-state index is 13.4. The molecule has 0 spiro atoms. The average molecular weight is 517 g/mol. The Balaban J connectivity index is 1.05. The van der Waals surface area contributed by atoms with Crippen LogP contribution < -0.4 is 20.1 Å². The van der Waals surface area contributed by atoms with Crippen LogP contribution in [0.25, 0.3) is 0 Å². The highest BCUT2D eigenvalue weighted by atomic mass is 16.7. The number of amides is 1. The molecule has 2 N–H and O–H groups in total. The fourth-order valence-electron chi connectivity index (χ4n) is 5.37. The van der Waals surface area contributed by atoms with Crippen molar-refractivity contribution < 1.29 is 19.1 Å². The fourth-order valence-corrected chi connectivity index (χ4v) is 5.37. The van der Waals surface area contributed by atoms with Crippen LogP contribution in [0.4, 0.5) is 11.5 Å². The van der Waals surface area contributed by atoms with E-state index in [2.05, 4.69) is 21.0 Å². The van der Waals surface area contributed by atoms with Gasteiger partial charge in [0, 0.05) is 63.5 Å². The molecular weight excluding hydrogens is 484 g/mol. The van der Waals surface area contributed by atoms with Gasteiger partial charge in [-0.25, -0.2) is 0 Å². The number of hydrogen-bond acceptors (Lipinski definition) is 8. The molecule has 38 heavy (non-hydrogen) atoms. The van der Waals surface area contributed by atoms with E-state index >= 15 is 0 Å². The van der Waals surface area contributed by atoms with Crippen molar-refractivity contribution in [3.8, 4) is 11.5 Å². The summed E-state index contributed by atoms with van der Waals surface area (Å²) in [5.74, 6) is 1.43. The lowest BCUT2D eigenvalue weighted by Gasteiger charge is -2.34. The SMILES string of the molecule is Cc1ccc(N2CCc3c(N)nn(C(=O)CCN4CCN(Cc5ccc6c(c5)OCO6)CC4)c3C2=O)cc1. The Bertz CT molecular complexity index is 1360. The summed E-state index contributed by atoms with van der Waals surface area (Å²) in [6, 6.07) is 13.9. The minimum atomic E-state index is -0.232. The number of rotatable bonds is 6. The first-order chi connectivity index (χ1) is 18.5. The molecule has 198 valence electrons. The van der Waals surface area contributed by atoms with Gasteiger partial charge in [0.25, 0.3) is 5.91 Å². The molecular formula is C28H32N6O4. The molecule has 2 aromatic carbocycles. The Morgan fingerprint density at radius 2 is 1.71 bits per heavy atom. The van der Waals surface area contributed by atoms with Gasteiger partial charge in [-0.2, -0.15) is 4.68 Å². The van der Waals surface area contributed by atoms with Crippen LogP contribution in [0.15, 0.2) is 42.5 Å². The summed E-state index contributed by atoms with van der Waals surface area (Å²) in [5.41, 5.74) is 10.2. The zero-order valence-corrected chi connectivity index (χ0v) is 21.6. The van der Waals surface area contributed by atoms with E-state index in [0.29, 0.717) is 30.8 Å². The number of piperazine rings is 1. The summed E-state index contributed by atoms with van der Waals surface area (Å²) in [6.07, 6.45) is 0.840. The molecule has 0 radical (unpaired) electrons. The number of aryl methyl sites for hydroxylation is 1. The molecule has 0 saturated carbocycles. The second-order valence-electron chi connectivity index (χ2n) is 10.1. The standard InChI is InChI=1S/C28H32N6O4/c1-19-2-5-21(6-3-19)33-11-8-22-26(28(33)36)34(30-27(22)29)25(35)9-10-31-12-14-32(15-13-31)17-20-4-7-23-24(16-20)38-18-37-23/h2-7,16H,8-15,17-18H2,1H3,(H2,29,30). The Hall–Kier alpha value is -3.89. The van der Waals surface area contributed by atoms with E-state index in [0.717, 1.165) is 55.5 Å². The fraction of sp³-hybridized carbons (Fsp3) is 0.393. The number of nitrogens with zero attached hydrogens (tertiary/aromatic N) is 5. The van der Waals surface area contributed by atoms with Crippen LogP contribution in [0.3, 0.4) is 0 Å². The molecule has 0 aliphatic carbocycles. The van der Waals surface area contributed by atoms with Gasteiger partial charge >= 0.3 is 0 Å². The third kappa shape index (κ3) is 4.72. The number of fused-ring (bicyclic) bond motifs is 2. The predicted molar refractivity (Wildman–Crippen MR) is 143 cm³/mol. The molecule has 10 nitrogen and oxygen atoms in total. The van der Waals surface area contributed by atoms with Crippen LogP contribution in [0, 0.1) is 6.92 Å². The second-order valence-corrected chi connectivity index (χ2v) is 10.1. The molecule has 0 bridgehead atoms. The van der Waals surface area contributed by atoms with Crippen molar-refractivity contribution in [2.24, 2.45) is 0 Å². The number of benzene rings is 2. The van der Waals surface area contributed by atoms with E-state index in [1.165, 1.54) is 10.2 Å². The third-order valence-electron chi connectivity index (χ3n) is 7.58. The second kappa shape index (κ2) is 10.1. The maximum absolute atomic E-state index is 13.4. The minimum absolute atomic E-state index is 0.208. The van der Waals surface area contributed by atoms with Crippen LogP contribution in [-0.2, 0) is 13.0 Å². The molecule has 4 heterocycles. The van der Waals surface area contributed by atoms with E-state index in [1.54, 1.807) is 4.90 Å². The minimum Gasteiger partial charge on any atom is -0.454 e. The van der Waals surface area contributed by atoms with Gasteiger partial charge in [-0.1, -0.05) is 23.8 Å². The van der Waals surface area contributed by atoms with Crippen molar-refractivity contribution in [1.29, 1.82) is 0 Å². The molecule has 1 amide bonds. The molecule has 1 aromatic heterocycles. The molecule has 0 atom stereocenters. The van der Waals surface area contributed by atoms with Gasteiger partial charge in [0.15, 0.2) is 11.5 Å². The average Bonchev–Trinajstić information content (AvgIpc) is 3.53. The lowest BCUT2D eigenvalue weighted by atomic mass is 10.0. The summed E-state index contributed by atoms with van der Waals surface area (Å²) >= 11 is 0. The number of anilines is 2. The van der Waals surface area contributed by atoms with Crippen molar-refractivity contribution in [3.63, 3.8) is 0 Å². The Morgan fingerprint density at radius 3 is 2.50 bits per heavy atom. The van der Waals surface area contributed by atoms with Gasteiger partial charge in [0.2, 0.25) is 12.7 Å². The highest BCUT2D eigenvalue weighted by Gasteiger charge is 2.34. The molecule has 3 aromatic rings. The van der Waals surface area contributed by atoms with Crippen molar-refractivity contribution in [2.75, 3.05) is 56.7 Å². The van der Waals surface area contributed by atoms with Crippen LogP contribution in [0.5, 0.6) is 11.5 Å². The monoisotopic (exact) mass is 516 g/mol. The maximum Gasteiger partial charge on any atom is 0.277 e. The molecule has 10 heteroatoms. The summed E-state index contributed by atoms with van der Waals surface area (Å²) in [7, 11) is 0. The molecule has 3 aliphatic heterocycles. The van der Waals surface area contributed by atoms with E-state index in [-0.39, 0.29) is 30.8 Å². The number of hydrogen-bond donors (Lipinski definition) is 1. The molecule has 1 fully saturated rings. The van der Waals surface area contributed by atoms with Gasteiger partial charge in [0.05, 0.1) is 0 Å². The Morgan fingerprint density at radius 1 is 0.974 bits per heavy atom. The Labute approximate surface area is 221 Å². The van der Waals surface area contributed by atoms with Gasteiger partial charge in [-0.05, 0) is 43.2 Å². The first-order valence-electron chi connectivity index (χ1n) is 13.1. The molecule has 3 aliphatic rings. The van der Waals surface area contributed by atoms with E-state index in [9.17, 15) is 9.59 Å². The van der Waals surface area contributed by atoms with Gasteiger partial charge in [-0.15, -0.1) is 5.10 Å². The lowest BCUT2D eigenvalue weighted by molar-refractivity contribution is 0.0813. The normalized spacial score (nSPS) is 17.6. The smallest absolute Gasteiger partial charge is 0.277 e. The number of aromatic nitrogens is 2. The summed E-state index contributed by atoms with van der Waals surface area (Å²) in [6.45, 7) is 7.83. The number of carbonyl (C=O) groups is 2. The van der Waals surface area contributed by atoms with Gasteiger partial charge in [0.1, 0.15) is 11.5 Å². The zero-order valence-electron chi connectivity index (χ0n) is 21.6. The van der Waals surface area contributed by atoms with Crippen molar-refractivity contribution in [3.05, 3.63) is 64.8 Å². The third-order valence-corrected chi connectivity index (χ3v) is 7.58. The number of nitrogens with two attached hydrogens (primary N) is 1. The highest BCUT2D eigenvalue weighted by molar-refractivity contribution is 6.09. The number of ether oxygens (including phenoxy) is 2. The highest BCUT2D eigenvalue weighted by Crippen LogP contribution is 2.33. The molecule has 1 saturated heterocycles. The van der Waals surface area contributed by atoms with Crippen molar-refractivity contribution >= 4 is 23.3 Å². The van der Waals surface area contributed by atoms with Crippen molar-refractivity contribution in [2.45, 2.75) is 26.3 Å². The van der Waals surface area contributed by atoms with E-state index in [1.807, 2.05) is 43.3 Å².